The number of benzene rings is 2. The van der Waals surface area contributed by atoms with Gasteiger partial charge in [0.15, 0.2) is 0 Å². The van der Waals surface area contributed by atoms with E-state index in [0.29, 0.717) is 12.3 Å². The molecule has 3 aromatic rings. The Labute approximate surface area is 212 Å². The van der Waals surface area contributed by atoms with Crippen molar-refractivity contribution in [2.24, 2.45) is 0 Å². The first-order chi connectivity index (χ1) is 17.8. The first-order valence-electron chi connectivity index (χ1n) is 11.8. The Kier molecular flexibility index (Phi) is 7.86. The van der Waals surface area contributed by atoms with E-state index < -0.39 is 30.4 Å². The molecule has 0 bridgehead atoms. The molecule has 1 aromatic heterocycles. The average molecular weight is 512 g/mol. The quantitative estimate of drug-likeness (QED) is 0.472. The third kappa shape index (κ3) is 5.63. The molecule has 0 radical (unpaired) electrons. The predicted molar refractivity (Wildman–Crippen MR) is 133 cm³/mol. The van der Waals surface area contributed by atoms with Crippen molar-refractivity contribution in [3.63, 3.8) is 0 Å². The van der Waals surface area contributed by atoms with Crippen molar-refractivity contribution in [3.8, 4) is 11.5 Å². The molecule has 1 saturated heterocycles. The molecule has 8 nitrogen and oxygen atoms in total. The predicted octanol–water partition coefficient (Wildman–Crippen LogP) is 3.80. The minimum atomic E-state index is -2.98. The summed E-state index contributed by atoms with van der Waals surface area (Å²) in [6.07, 6.45) is 2.43. The Hall–Kier alpha value is -4.21. The zero-order valence-corrected chi connectivity index (χ0v) is 20.4. The lowest BCUT2D eigenvalue weighted by Crippen LogP contribution is -2.44. The number of amides is 2. The summed E-state index contributed by atoms with van der Waals surface area (Å²) >= 11 is 0. The SMILES string of the molecule is CCCn1cccc(N2C[C@@H](c3ccc(OC)cc3)[C@H](NC(=O)c3ccc(OC(F)F)cc3)C2=O)c1=O. The van der Waals surface area contributed by atoms with Gasteiger partial charge in [-0.2, -0.15) is 8.78 Å². The highest BCUT2D eigenvalue weighted by molar-refractivity contribution is 6.05. The van der Waals surface area contributed by atoms with E-state index in [1.165, 1.54) is 29.2 Å². The fraction of sp³-hybridized carbons (Fsp3) is 0.296. The van der Waals surface area contributed by atoms with Gasteiger partial charge < -0.3 is 24.3 Å². The number of nitrogens with one attached hydrogen (secondary N) is 1. The van der Waals surface area contributed by atoms with E-state index in [4.69, 9.17) is 4.74 Å². The molecule has 2 amide bonds. The number of halogens is 2. The summed E-state index contributed by atoms with van der Waals surface area (Å²) in [5, 5.41) is 2.78. The summed E-state index contributed by atoms with van der Waals surface area (Å²) in [4.78, 5) is 41.1. The second kappa shape index (κ2) is 11.2. The van der Waals surface area contributed by atoms with Gasteiger partial charge in [-0.3, -0.25) is 14.4 Å². The fourth-order valence-electron chi connectivity index (χ4n) is 4.42. The molecule has 194 valence electrons. The maximum atomic E-state index is 13.6. The number of nitrogens with zero attached hydrogens (tertiary/aromatic N) is 2. The second-order valence-corrected chi connectivity index (χ2v) is 8.57. The Bertz CT molecular complexity index is 1310. The summed E-state index contributed by atoms with van der Waals surface area (Å²) in [5.74, 6) is -0.875. The van der Waals surface area contributed by atoms with Crippen molar-refractivity contribution in [1.29, 1.82) is 0 Å². The van der Waals surface area contributed by atoms with Gasteiger partial charge in [-0.1, -0.05) is 19.1 Å². The third-order valence-electron chi connectivity index (χ3n) is 6.24. The Morgan fingerprint density at radius 1 is 1.05 bits per heavy atom. The van der Waals surface area contributed by atoms with Gasteiger partial charge in [-0.15, -0.1) is 0 Å². The van der Waals surface area contributed by atoms with Gasteiger partial charge in [-0.05, 0) is 60.5 Å². The maximum absolute atomic E-state index is 13.6. The van der Waals surface area contributed by atoms with Crippen LogP contribution in [0.1, 0.15) is 35.2 Å². The first-order valence-corrected chi connectivity index (χ1v) is 11.8. The van der Waals surface area contributed by atoms with Crippen LogP contribution in [0.4, 0.5) is 14.5 Å². The number of hydrogen-bond donors (Lipinski definition) is 1. The molecule has 37 heavy (non-hydrogen) atoms. The van der Waals surface area contributed by atoms with Gasteiger partial charge >= 0.3 is 6.61 Å². The molecule has 10 heteroatoms. The maximum Gasteiger partial charge on any atom is 0.387 e. The normalized spacial score (nSPS) is 17.2. The lowest BCUT2D eigenvalue weighted by atomic mass is 9.93. The van der Waals surface area contributed by atoms with Gasteiger partial charge in [-0.25, -0.2) is 0 Å². The van der Waals surface area contributed by atoms with Crippen molar-refractivity contribution in [2.45, 2.75) is 38.5 Å². The monoisotopic (exact) mass is 511 g/mol. The van der Waals surface area contributed by atoms with Crippen LogP contribution in [0, 0.1) is 0 Å². The number of hydrogen-bond acceptors (Lipinski definition) is 5. The van der Waals surface area contributed by atoms with Crippen molar-refractivity contribution in [2.75, 3.05) is 18.6 Å². The number of methoxy groups -OCH3 is 1. The highest BCUT2D eigenvalue weighted by Gasteiger charge is 2.43. The van der Waals surface area contributed by atoms with Crippen molar-refractivity contribution in [3.05, 3.63) is 88.3 Å². The van der Waals surface area contributed by atoms with Gasteiger partial charge in [0.1, 0.15) is 23.2 Å². The molecule has 2 heterocycles. The van der Waals surface area contributed by atoms with Crippen molar-refractivity contribution >= 4 is 17.5 Å². The van der Waals surface area contributed by atoms with Gasteiger partial charge in [0, 0.05) is 30.8 Å². The van der Waals surface area contributed by atoms with Crippen LogP contribution in [0.25, 0.3) is 0 Å². The molecule has 0 saturated carbocycles. The number of ether oxygens (including phenoxy) is 2. The molecule has 1 fully saturated rings. The number of rotatable bonds is 9. The second-order valence-electron chi connectivity index (χ2n) is 8.57. The number of aromatic nitrogens is 1. The lowest BCUT2D eigenvalue weighted by Gasteiger charge is -2.19. The fourth-order valence-corrected chi connectivity index (χ4v) is 4.42. The van der Waals surface area contributed by atoms with Crippen LogP contribution in [0.15, 0.2) is 71.7 Å². The van der Waals surface area contributed by atoms with E-state index >= 15 is 0 Å². The number of carbonyl (C=O) groups excluding carboxylic acids is 2. The zero-order valence-electron chi connectivity index (χ0n) is 20.4. The number of carbonyl (C=O) groups is 2. The number of anilines is 1. The Morgan fingerprint density at radius 3 is 2.35 bits per heavy atom. The van der Waals surface area contributed by atoms with Crippen LogP contribution in [0.5, 0.6) is 11.5 Å². The van der Waals surface area contributed by atoms with E-state index in [1.807, 2.05) is 19.1 Å². The smallest absolute Gasteiger partial charge is 0.387 e. The zero-order chi connectivity index (χ0) is 26.5. The largest absolute Gasteiger partial charge is 0.497 e. The van der Waals surface area contributed by atoms with Crippen LogP contribution in [-0.4, -0.2) is 42.7 Å². The molecular weight excluding hydrogens is 484 g/mol. The van der Waals surface area contributed by atoms with Crippen LogP contribution in [0.2, 0.25) is 0 Å². The summed E-state index contributed by atoms with van der Waals surface area (Å²) in [7, 11) is 1.55. The summed E-state index contributed by atoms with van der Waals surface area (Å²) in [6, 6.07) is 14.7. The highest BCUT2D eigenvalue weighted by atomic mass is 19.3. The molecule has 0 spiro atoms. The molecule has 0 aliphatic carbocycles. The first kappa shape index (κ1) is 25.9. The number of alkyl halides is 2. The molecule has 4 rings (SSSR count). The number of aryl methyl sites for hydroxylation is 1. The van der Waals surface area contributed by atoms with Crippen LogP contribution in [0.3, 0.4) is 0 Å². The minimum absolute atomic E-state index is 0.0850. The molecule has 2 atom stereocenters. The Balaban J connectivity index is 1.65. The highest BCUT2D eigenvalue weighted by Crippen LogP contribution is 2.32. The topological polar surface area (TPSA) is 89.9 Å². The van der Waals surface area contributed by atoms with Crippen molar-refractivity contribution < 1.29 is 27.8 Å². The van der Waals surface area contributed by atoms with Crippen molar-refractivity contribution in [1.82, 2.24) is 9.88 Å². The molecule has 2 aromatic carbocycles. The third-order valence-corrected chi connectivity index (χ3v) is 6.24. The average Bonchev–Trinajstić information content (AvgIpc) is 3.21. The van der Waals surface area contributed by atoms with Gasteiger partial charge in [0.05, 0.1) is 7.11 Å². The van der Waals surface area contributed by atoms with Gasteiger partial charge in [0.25, 0.3) is 11.5 Å². The van der Waals surface area contributed by atoms with E-state index in [2.05, 4.69) is 10.1 Å². The van der Waals surface area contributed by atoms with E-state index in [1.54, 1.807) is 42.1 Å². The van der Waals surface area contributed by atoms with Crippen LogP contribution < -0.4 is 25.2 Å². The molecule has 1 aliphatic rings. The van der Waals surface area contributed by atoms with E-state index in [9.17, 15) is 23.2 Å². The Morgan fingerprint density at radius 2 is 1.73 bits per heavy atom. The van der Waals surface area contributed by atoms with E-state index in [-0.39, 0.29) is 29.1 Å². The summed E-state index contributed by atoms with van der Waals surface area (Å²) in [6.45, 7) is -0.325. The summed E-state index contributed by atoms with van der Waals surface area (Å²) in [5.41, 5.74) is 0.913. The molecule has 1 aliphatic heterocycles. The molecule has 0 unspecified atom stereocenters. The van der Waals surface area contributed by atoms with Gasteiger partial charge in [0.2, 0.25) is 5.91 Å². The van der Waals surface area contributed by atoms with Crippen LogP contribution in [-0.2, 0) is 11.3 Å². The molecular formula is C27H27F2N3O5. The summed E-state index contributed by atoms with van der Waals surface area (Å²) < 4.78 is 36.0. The standard InChI is InChI=1S/C27H27F2N3O5/c1-3-14-31-15-4-5-22(25(31)34)32-16-21(17-6-10-19(36-2)11-7-17)23(26(32)35)30-24(33)18-8-12-20(13-9-18)37-27(28)29/h4-13,15,21,23,27H,3,14,16H2,1-2H3,(H,30,33)/t21-,23-/m0/s1. The van der Waals surface area contributed by atoms with E-state index in [0.717, 1.165) is 12.0 Å². The molecule has 1 N–H and O–H groups in total. The minimum Gasteiger partial charge on any atom is -0.497 e. The van der Waals surface area contributed by atoms with Crippen LogP contribution >= 0.6 is 0 Å². The number of pyridine rings is 1. The lowest BCUT2D eigenvalue weighted by molar-refractivity contribution is -0.118.